The molecule has 0 aromatic carbocycles. The average Bonchev–Trinajstić information content (AvgIpc) is 2.44. The van der Waals surface area contributed by atoms with Gasteiger partial charge in [0.2, 0.25) is 0 Å². The van der Waals surface area contributed by atoms with Crippen molar-refractivity contribution in [3.05, 3.63) is 41.7 Å². The third kappa shape index (κ3) is 1.46. The molecule has 1 nitrogen and oxygen atoms in total. The summed E-state index contributed by atoms with van der Waals surface area (Å²) in [6.07, 6.45) is 3.15. The largest absolute Gasteiger partial charge is 0.321 e. The predicted molar refractivity (Wildman–Crippen MR) is 59.7 cm³/mol. The second-order valence-electron chi connectivity index (χ2n) is 3.24. The Bertz CT molecular complexity index is 417. The van der Waals surface area contributed by atoms with E-state index in [0.29, 0.717) is 0 Å². The van der Waals surface area contributed by atoms with Crippen LogP contribution in [0.5, 0.6) is 0 Å². The predicted octanol–water partition coefficient (Wildman–Crippen LogP) is 2.72. The summed E-state index contributed by atoms with van der Waals surface area (Å²) in [7, 11) is 0. The smallest absolute Gasteiger partial charge is 0.0455 e. The van der Waals surface area contributed by atoms with Gasteiger partial charge in [-0.2, -0.15) is 12.6 Å². The number of hydrogen-bond acceptors (Lipinski definition) is 1. The van der Waals surface area contributed by atoms with Crippen LogP contribution in [-0.4, -0.2) is 10.2 Å². The van der Waals surface area contributed by atoms with Gasteiger partial charge in [0.1, 0.15) is 0 Å². The van der Waals surface area contributed by atoms with Gasteiger partial charge in [-0.1, -0.05) is 6.07 Å². The zero-order chi connectivity index (χ0) is 9.26. The van der Waals surface area contributed by atoms with Crippen LogP contribution in [-0.2, 0) is 6.42 Å². The molecule has 0 unspecified atom stereocenters. The Hall–Kier alpha value is -0.890. The van der Waals surface area contributed by atoms with Gasteiger partial charge in [0.05, 0.1) is 0 Å². The van der Waals surface area contributed by atoms with Crippen LogP contribution in [0.1, 0.15) is 11.3 Å². The first-order chi connectivity index (χ1) is 6.33. The standard InChI is InChI=1S/C11H13NS/c1-9-8-10-4-2-3-6-12(10)11(9)5-7-13/h2-4,6,8,13H,5,7H2,1H3. The Kier molecular flexibility index (Phi) is 2.32. The summed E-state index contributed by atoms with van der Waals surface area (Å²) in [6.45, 7) is 2.16. The molecule has 0 aliphatic heterocycles. The highest BCUT2D eigenvalue weighted by molar-refractivity contribution is 7.80. The summed E-state index contributed by atoms with van der Waals surface area (Å²) in [6, 6.07) is 8.49. The van der Waals surface area contributed by atoms with Gasteiger partial charge < -0.3 is 4.40 Å². The van der Waals surface area contributed by atoms with Gasteiger partial charge in [-0.25, -0.2) is 0 Å². The minimum atomic E-state index is 0.905. The number of aromatic nitrogens is 1. The van der Waals surface area contributed by atoms with Crippen molar-refractivity contribution >= 4 is 18.1 Å². The molecule has 2 aromatic heterocycles. The molecule has 0 amide bonds. The Morgan fingerprint density at radius 2 is 2.23 bits per heavy atom. The molecular formula is C11H13NS. The van der Waals surface area contributed by atoms with E-state index in [9.17, 15) is 0 Å². The van der Waals surface area contributed by atoms with Gasteiger partial charge in [0.15, 0.2) is 0 Å². The van der Waals surface area contributed by atoms with E-state index in [2.05, 4.69) is 54.4 Å². The van der Waals surface area contributed by atoms with E-state index in [4.69, 9.17) is 0 Å². The molecule has 0 fully saturated rings. The second-order valence-corrected chi connectivity index (χ2v) is 3.69. The summed E-state index contributed by atoms with van der Waals surface area (Å²) in [5.74, 6) is 0.905. The molecule has 0 atom stereocenters. The molecular weight excluding hydrogens is 178 g/mol. The van der Waals surface area contributed by atoms with Gasteiger partial charge in [0, 0.05) is 17.4 Å². The van der Waals surface area contributed by atoms with E-state index >= 15 is 0 Å². The minimum absolute atomic E-state index is 0.905. The number of nitrogens with zero attached hydrogens (tertiary/aromatic N) is 1. The van der Waals surface area contributed by atoms with E-state index < -0.39 is 0 Å². The third-order valence-corrected chi connectivity index (χ3v) is 2.57. The maximum Gasteiger partial charge on any atom is 0.0455 e. The van der Waals surface area contributed by atoms with Crippen LogP contribution in [0.2, 0.25) is 0 Å². The number of rotatable bonds is 2. The number of thiol groups is 1. The normalized spacial score (nSPS) is 10.9. The van der Waals surface area contributed by atoms with Gasteiger partial charge in [-0.05, 0) is 42.9 Å². The van der Waals surface area contributed by atoms with Crippen LogP contribution in [0.3, 0.4) is 0 Å². The molecule has 2 rings (SSSR count). The summed E-state index contributed by atoms with van der Waals surface area (Å²) in [5.41, 5.74) is 4.02. The van der Waals surface area contributed by atoms with Crippen LogP contribution in [0.4, 0.5) is 0 Å². The maximum atomic E-state index is 4.27. The summed E-state index contributed by atoms with van der Waals surface area (Å²) < 4.78 is 2.24. The van der Waals surface area contributed by atoms with Crippen molar-refractivity contribution < 1.29 is 0 Å². The molecule has 0 bridgehead atoms. The fraction of sp³-hybridized carbons (Fsp3) is 0.273. The zero-order valence-electron chi connectivity index (χ0n) is 7.70. The summed E-state index contributed by atoms with van der Waals surface area (Å²) >= 11 is 4.27. The van der Waals surface area contributed by atoms with Gasteiger partial charge >= 0.3 is 0 Å². The lowest BCUT2D eigenvalue weighted by Crippen LogP contribution is -1.94. The lowest BCUT2D eigenvalue weighted by Gasteiger charge is -2.01. The Morgan fingerprint density at radius 1 is 1.38 bits per heavy atom. The molecule has 0 N–H and O–H groups in total. The van der Waals surface area contributed by atoms with Crippen molar-refractivity contribution in [2.45, 2.75) is 13.3 Å². The number of fused-ring (bicyclic) bond motifs is 1. The molecule has 2 heterocycles. The fourth-order valence-corrected chi connectivity index (χ4v) is 1.95. The van der Waals surface area contributed by atoms with E-state index in [1.54, 1.807) is 0 Å². The molecule has 0 spiro atoms. The topological polar surface area (TPSA) is 4.41 Å². The molecule has 0 aliphatic rings. The molecule has 0 radical (unpaired) electrons. The van der Waals surface area contributed by atoms with Crippen LogP contribution in [0.15, 0.2) is 30.5 Å². The number of hydrogen-bond donors (Lipinski definition) is 1. The Morgan fingerprint density at radius 3 is 3.00 bits per heavy atom. The SMILES string of the molecule is Cc1cc2ccccn2c1CCS. The van der Waals surface area contributed by atoms with Crippen molar-refractivity contribution in [3.8, 4) is 0 Å². The van der Waals surface area contributed by atoms with Crippen LogP contribution in [0, 0.1) is 6.92 Å². The van der Waals surface area contributed by atoms with E-state index in [1.807, 2.05) is 0 Å². The van der Waals surface area contributed by atoms with Crippen molar-refractivity contribution in [1.82, 2.24) is 4.40 Å². The second kappa shape index (κ2) is 3.46. The molecule has 0 aliphatic carbocycles. The summed E-state index contributed by atoms with van der Waals surface area (Å²) in [4.78, 5) is 0. The lowest BCUT2D eigenvalue weighted by molar-refractivity contribution is 0.990. The maximum absolute atomic E-state index is 4.27. The summed E-state index contributed by atoms with van der Waals surface area (Å²) in [5, 5.41) is 0. The molecule has 2 aromatic rings. The third-order valence-electron chi connectivity index (χ3n) is 2.35. The highest BCUT2D eigenvalue weighted by atomic mass is 32.1. The zero-order valence-corrected chi connectivity index (χ0v) is 8.59. The Labute approximate surface area is 83.8 Å². The van der Waals surface area contributed by atoms with Crippen molar-refractivity contribution in [2.24, 2.45) is 0 Å². The van der Waals surface area contributed by atoms with Gasteiger partial charge in [-0.3, -0.25) is 0 Å². The molecule has 0 saturated carbocycles. The van der Waals surface area contributed by atoms with Crippen LogP contribution < -0.4 is 0 Å². The van der Waals surface area contributed by atoms with Crippen molar-refractivity contribution in [3.63, 3.8) is 0 Å². The van der Waals surface area contributed by atoms with Crippen LogP contribution in [0.25, 0.3) is 5.52 Å². The minimum Gasteiger partial charge on any atom is -0.321 e. The van der Waals surface area contributed by atoms with Gasteiger partial charge in [0.25, 0.3) is 0 Å². The first kappa shape index (κ1) is 8.70. The molecule has 0 saturated heterocycles. The Balaban J connectivity index is 2.64. The molecule has 2 heteroatoms. The fourth-order valence-electron chi connectivity index (χ4n) is 1.74. The highest BCUT2D eigenvalue weighted by Gasteiger charge is 2.03. The molecule has 13 heavy (non-hydrogen) atoms. The number of aryl methyl sites for hydroxylation is 2. The van der Waals surface area contributed by atoms with E-state index in [1.165, 1.54) is 16.8 Å². The monoisotopic (exact) mass is 191 g/mol. The van der Waals surface area contributed by atoms with E-state index in [-0.39, 0.29) is 0 Å². The lowest BCUT2D eigenvalue weighted by atomic mass is 10.2. The first-order valence-electron chi connectivity index (χ1n) is 4.49. The quantitative estimate of drug-likeness (QED) is 0.696. The van der Waals surface area contributed by atoms with Crippen LogP contribution >= 0.6 is 12.6 Å². The van der Waals surface area contributed by atoms with Crippen molar-refractivity contribution in [1.29, 1.82) is 0 Å². The number of pyridine rings is 1. The molecule has 68 valence electrons. The average molecular weight is 191 g/mol. The van der Waals surface area contributed by atoms with E-state index in [0.717, 1.165) is 12.2 Å². The first-order valence-corrected chi connectivity index (χ1v) is 5.12. The highest BCUT2D eigenvalue weighted by Crippen LogP contribution is 2.16. The van der Waals surface area contributed by atoms with Gasteiger partial charge in [-0.15, -0.1) is 0 Å². The van der Waals surface area contributed by atoms with Crippen molar-refractivity contribution in [2.75, 3.05) is 5.75 Å².